The van der Waals surface area contributed by atoms with Crippen molar-refractivity contribution in [2.75, 3.05) is 13.1 Å². The zero-order chi connectivity index (χ0) is 15.6. The molecule has 1 aromatic carbocycles. The van der Waals surface area contributed by atoms with E-state index in [0.29, 0.717) is 30.3 Å². The lowest BCUT2D eigenvalue weighted by Crippen LogP contribution is -2.31. The van der Waals surface area contributed by atoms with E-state index in [9.17, 15) is 8.42 Å². The maximum atomic E-state index is 12.6. The second-order valence-electron chi connectivity index (χ2n) is 4.89. The van der Waals surface area contributed by atoms with Gasteiger partial charge in [0.15, 0.2) is 0 Å². The average molecular weight is 384 g/mol. The van der Waals surface area contributed by atoms with Crippen LogP contribution in [0.3, 0.4) is 0 Å². The van der Waals surface area contributed by atoms with Gasteiger partial charge in [-0.25, -0.2) is 18.4 Å². The highest BCUT2D eigenvalue weighted by Crippen LogP contribution is 2.24. The van der Waals surface area contributed by atoms with Gasteiger partial charge in [0.25, 0.3) is 0 Å². The fourth-order valence-electron chi connectivity index (χ4n) is 2.29. The van der Waals surface area contributed by atoms with Gasteiger partial charge >= 0.3 is 0 Å². The number of halogens is 1. The van der Waals surface area contributed by atoms with Crippen molar-refractivity contribution < 1.29 is 13.2 Å². The lowest BCUT2D eigenvalue weighted by molar-refractivity contribution is 0.206. The summed E-state index contributed by atoms with van der Waals surface area (Å²) < 4.78 is 33.1. The fraction of sp³-hybridized carbons (Fsp3) is 0.286. The first-order valence-corrected chi connectivity index (χ1v) is 8.97. The Morgan fingerprint density at radius 1 is 1.23 bits per heavy atom. The Hall–Kier alpha value is -1.51. The molecule has 1 aliphatic rings. The largest absolute Gasteiger partial charge is 0.473 e. The summed E-state index contributed by atoms with van der Waals surface area (Å²) in [5.41, 5.74) is 0. The van der Waals surface area contributed by atoms with E-state index < -0.39 is 10.0 Å². The molecule has 3 rings (SSSR count). The summed E-state index contributed by atoms with van der Waals surface area (Å²) in [7, 11) is -3.48. The van der Waals surface area contributed by atoms with Crippen LogP contribution in [-0.2, 0) is 10.0 Å². The van der Waals surface area contributed by atoms with Crippen LogP contribution in [0, 0.1) is 0 Å². The van der Waals surface area contributed by atoms with E-state index in [-0.39, 0.29) is 6.10 Å². The normalized spacial score (nSPS) is 19.2. The zero-order valence-electron chi connectivity index (χ0n) is 11.6. The molecule has 0 amide bonds. The Morgan fingerprint density at radius 3 is 2.68 bits per heavy atom. The quantitative estimate of drug-likeness (QED) is 0.807. The van der Waals surface area contributed by atoms with Crippen LogP contribution in [0.25, 0.3) is 0 Å². The molecular formula is C14H14BrN3O3S. The molecule has 0 spiro atoms. The topological polar surface area (TPSA) is 72.4 Å². The molecule has 1 saturated heterocycles. The van der Waals surface area contributed by atoms with Gasteiger partial charge in [-0.1, -0.05) is 15.9 Å². The number of hydrogen-bond donors (Lipinski definition) is 0. The standard InChI is InChI=1S/C14H14BrN3O3S/c15-11-1-3-13(4-2-11)22(19,20)18-8-6-12(9-18)21-14-5-7-16-10-17-14/h1-5,7,10,12H,6,8-9H2. The van der Waals surface area contributed by atoms with E-state index >= 15 is 0 Å². The Labute approximate surface area is 137 Å². The number of aromatic nitrogens is 2. The van der Waals surface area contributed by atoms with Crippen molar-refractivity contribution in [2.24, 2.45) is 0 Å². The molecule has 1 atom stereocenters. The molecule has 2 aromatic rings. The highest BCUT2D eigenvalue weighted by molar-refractivity contribution is 9.10. The number of nitrogens with zero attached hydrogens (tertiary/aromatic N) is 3. The summed E-state index contributed by atoms with van der Waals surface area (Å²) in [5.74, 6) is 0.461. The molecule has 22 heavy (non-hydrogen) atoms. The first-order chi connectivity index (χ1) is 10.6. The average Bonchev–Trinajstić information content (AvgIpc) is 2.98. The van der Waals surface area contributed by atoms with Gasteiger partial charge in [-0.15, -0.1) is 0 Å². The van der Waals surface area contributed by atoms with Crippen molar-refractivity contribution in [3.05, 3.63) is 47.3 Å². The van der Waals surface area contributed by atoms with Crippen molar-refractivity contribution in [1.82, 2.24) is 14.3 Å². The smallest absolute Gasteiger partial charge is 0.243 e. The second-order valence-corrected chi connectivity index (χ2v) is 7.75. The zero-order valence-corrected chi connectivity index (χ0v) is 14.0. The van der Waals surface area contributed by atoms with Gasteiger partial charge in [0.2, 0.25) is 15.9 Å². The van der Waals surface area contributed by atoms with Gasteiger partial charge in [-0.2, -0.15) is 4.31 Å². The molecule has 2 heterocycles. The van der Waals surface area contributed by atoms with Crippen molar-refractivity contribution in [3.8, 4) is 5.88 Å². The summed E-state index contributed by atoms with van der Waals surface area (Å²) in [5, 5.41) is 0. The van der Waals surface area contributed by atoms with Crippen LogP contribution < -0.4 is 4.74 Å². The van der Waals surface area contributed by atoms with Gasteiger partial charge in [0.1, 0.15) is 12.4 Å². The Kier molecular flexibility index (Phi) is 4.42. The predicted molar refractivity (Wildman–Crippen MR) is 84.0 cm³/mol. The highest BCUT2D eigenvalue weighted by Gasteiger charge is 2.33. The lowest BCUT2D eigenvalue weighted by atomic mass is 10.3. The fourth-order valence-corrected chi connectivity index (χ4v) is 4.04. The Bertz CT molecular complexity index is 738. The minimum atomic E-state index is -3.48. The lowest BCUT2D eigenvalue weighted by Gasteiger charge is -2.17. The number of benzene rings is 1. The number of rotatable bonds is 4. The Morgan fingerprint density at radius 2 is 2.00 bits per heavy atom. The van der Waals surface area contributed by atoms with E-state index in [2.05, 4.69) is 25.9 Å². The Balaban J connectivity index is 1.70. The van der Waals surface area contributed by atoms with Crippen molar-refractivity contribution in [1.29, 1.82) is 0 Å². The summed E-state index contributed by atoms with van der Waals surface area (Å²) in [4.78, 5) is 8.10. The van der Waals surface area contributed by atoms with E-state index in [1.165, 1.54) is 10.6 Å². The van der Waals surface area contributed by atoms with Crippen LogP contribution in [0.1, 0.15) is 6.42 Å². The number of sulfonamides is 1. The molecule has 8 heteroatoms. The van der Waals surface area contributed by atoms with Gasteiger partial charge in [0, 0.05) is 23.3 Å². The molecule has 1 aliphatic heterocycles. The van der Waals surface area contributed by atoms with Crippen molar-refractivity contribution >= 4 is 26.0 Å². The molecule has 1 unspecified atom stereocenters. The molecule has 0 N–H and O–H groups in total. The minimum absolute atomic E-state index is 0.194. The first kappa shape index (κ1) is 15.4. The summed E-state index contributed by atoms with van der Waals surface area (Å²) in [6, 6.07) is 8.29. The molecule has 1 fully saturated rings. The number of hydrogen-bond acceptors (Lipinski definition) is 5. The van der Waals surface area contributed by atoms with E-state index in [0.717, 1.165) is 4.47 Å². The molecule has 0 radical (unpaired) electrons. The van der Waals surface area contributed by atoms with Crippen LogP contribution in [0.4, 0.5) is 0 Å². The van der Waals surface area contributed by atoms with Gasteiger partial charge in [-0.3, -0.25) is 0 Å². The maximum absolute atomic E-state index is 12.6. The summed E-state index contributed by atoms with van der Waals surface area (Å²) in [6.07, 6.45) is 3.44. The van der Waals surface area contributed by atoms with Crippen LogP contribution in [-0.4, -0.2) is 41.9 Å². The summed E-state index contributed by atoms with van der Waals surface area (Å²) in [6.45, 7) is 0.760. The maximum Gasteiger partial charge on any atom is 0.243 e. The minimum Gasteiger partial charge on any atom is -0.473 e. The molecule has 116 valence electrons. The molecule has 0 saturated carbocycles. The monoisotopic (exact) mass is 383 g/mol. The molecule has 1 aromatic heterocycles. The molecule has 0 aliphatic carbocycles. The van der Waals surface area contributed by atoms with Gasteiger partial charge in [0.05, 0.1) is 11.4 Å². The van der Waals surface area contributed by atoms with E-state index in [4.69, 9.17) is 4.74 Å². The van der Waals surface area contributed by atoms with Crippen LogP contribution in [0.2, 0.25) is 0 Å². The second kappa shape index (κ2) is 6.31. The predicted octanol–water partition coefficient (Wildman–Crippen LogP) is 2.08. The van der Waals surface area contributed by atoms with E-state index in [1.54, 1.807) is 36.5 Å². The SMILES string of the molecule is O=S(=O)(c1ccc(Br)cc1)N1CCC(Oc2ccncn2)C1. The third-order valence-corrected chi connectivity index (χ3v) is 5.81. The first-order valence-electron chi connectivity index (χ1n) is 6.74. The molecule has 0 bridgehead atoms. The van der Waals surface area contributed by atoms with Crippen LogP contribution in [0.5, 0.6) is 5.88 Å². The molecular weight excluding hydrogens is 370 g/mol. The van der Waals surface area contributed by atoms with Crippen molar-refractivity contribution in [3.63, 3.8) is 0 Å². The van der Waals surface area contributed by atoms with Crippen LogP contribution >= 0.6 is 15.9 Å². The number of ether oxygens (including phenoxy) is 1. The highest BCUT2D eigenvalue weighted by atomic mass is 79.9. The molecule has 6 nitrogen and oxygen atoms in total. The van der Waals surface area contributed by atoms with Crippen molar-refractivity contribution in [2.45, 2.75) is 17.4 Å². The van der Waals surface area contributed by atoms with E-state index in [1.807, 2.05) is 0 Å². The van der Waals surface area contributed by atoms with Gasteiger partial charge < -0.3 is 4.74 Å². The third kappa shape index (κ3) is 3.29. The van der Waals surface area contributed by atoms with Gasteiger partial charge in [-0.05, 0) is 30.7 Å². The third-order valence-electron chi connectivity index (χ3n) is 3.40. The van der Waals surface area contributed by atoms with Crippen LogP contribution in [0.15, 0.2) is 52.2 Å². The summed E-state index contributed by atoms with van der Waals surface area (Å²) >= 11 is 3.30.